The molecule has 200 valence electrons. The highest BCUT2D eigenvalue weighted by Gasteiger charge is 2.33. The number of hydrogen-bond acceptors (Lipinski definition) is 7. The van der Waals surface area contributed by atoms with Crippen LogP contribution in [0, 0.1) is 19.7 Å². The zero-order valence-electron chi connectivity index (χ0n) is 21.8. The van der Waals surface area contributed by atoms with E-state index in [1.165, 1.54) is 17.3 Å². The molecule has 1 saturated carbocycles. The first kappa shape index (κ1) is 26.9. The van der Waals surface area contributed by atoms with Crippen molar-refractivity contribution in [2.75, 3.05) is 5.32 Å². The summed E-state index contributed by atoms with van der Waals surface area (Å²) >= 11 is 0. The predicted molar refractivity (Wildman–Crippen MR) is 141 cm³/mol. The summed E-state index contributed by atoms with van der Waals surface area (Å²) in [5.74, 6) is 1.59. The molecule has 11 heteroatoms. The molecule has 0 radical (unpaired) electrons. The van der Waals surface area contributed by atoms with Crippen molar-refractivity contribution in [3.05, 3.63) is 77.3 Å². The Balaban J connectivity index is 0.000000181. The third kappa shape index (κ3) is 6.80. The fourth-order valence-corrected chi connectivity index (χ4v) is 4.39. The van der Waals surface area contributed by atoms with Crippen molar-refractivity contribution in [3.8, 4) is 5.82 Å². The van der Waals surface area contributed by atoms with Crippen LogP contribution in [0.3, 0.4) is 0 Å². The minimum absolute atomic E-state index is 0.108. The standard InChI is InChI=1S/C16H22N4O.C11H11FN4O/c1-11-8-13(16(21)6-4-3-5-7-16)17-14(9-11)18-15-10-12(2)19-20-15;1-8(14-7-17)9-2-3-11(13-4-9)16-6-10(12)5-15-16/h8-10,21H,3-7H2,1-2H3,(H2,17,18,19,20);2-8H,1H3,(H,14,17). The van der Waals surface area contributed by atoms with Crippen LogP contribution in [0.25, 0.3) is 5.82 Å². The summed E-state index contributed by atoms with van der Waals surface area (Å²) in [7, 11) is 0. The van der Waals surface area contributed by atoms with Gasteiger partial charge in [-0.25, -0.2) is 19.0 Å². The summed E-state index contributed by atoms with van der Waals surface area (Å²) in [6.07, 6.45) is 9.54. The molecule has 10 nitrogen and oxygen atoms in total. The lowest BCUT2D eigenvalue weighted by Gasteiger charge is -2.32. The molecule has 1 atom stereocenters. The Morgan fingerprint density at radius 2 is 1.92 bits per heavy atom. The van der Waals surface area contributed by atoms with Crippen LogP contribution in [0.1, 0.15) is 67.6 Å². The molecule has 38 heavy (non-hydrogen) atoms. The van der Waals surface area contributed by atoms with Gasteiger partial charge in [0.15, 0.2) is 17.5 Å². The molecule has 4 aromatic heterocycles. The number of rotatable bonds is 7. The van der Waals surface area contributed by atoms with Gasteiger partial charge in [0, 0.05) is 18.0 Å². The van der Waals surface area contributed by atoms with Crippen molar-refractivity contribution in [2.45, 2.75) is 64.5 Å². The van der Waals surface area contributed by atoms with Crippen LogP contribution >= 0.6 is 0 Å². The van der Waals surface area contributed by atoms with E-state index in [4.69, 9.17) is 0 Å². The van der Waals surface area contributed by atoms with Crippen LogP contribution in [0.5, 0.6) is 0 Å². The summed E-state index contributed by atoms with van der Waals surface area (Å²) in [4.78, 5) is 19.1. The minimum atomic E-state index is -0.776. The van der Waals surface area contributed by atoms with E-state index in [1.54, 1.807) is 12.3 Å². The van der Waals surface area contributed by atoms with Gasteiger partial charge in [0.25, 0.3) is 0 Å². The Labute approximate surface area is 220 Å². The smallest absolute Gasteiger partial charge is 0.207 e. The summed E-state index contributed by atoms with van der Waals surface area (Å²) in [5, 5.41) is 27.5. The number of aromatic amines is 1. The van der Waals surface area contributed by atoms with Crippen molar-refractivity contribution >= 4 is 18.0 Å². The van der Waals surface area contributed by atoms with Gasteiger partial charge in [0.2, 0.25) is 6.41 Å². The number of amides is 1. The number of carbonyl (C=O) groups excluding carboxylic acids is 1. The number of pyridine rings is 2. The first-order valence-corrected chi connectivity index (χ1v) is 12.6. The van der Waals surface area contributed by atoms with Crippen LogP contribution in [0.2, 0.25) is 0 Å². The highest BCUT2D eigenvalue weighted by Crippen LogP contribution is 2.37. The quantitative estimate of drug-likeness (QED) is 0.263. The lowest BCUT2D eigenvalue weighted by molar-refractivity contribution is -0.110. The van der Waals surface area contributed by atoms with Gasteiger partial charge in [-0.1, -0.05) is 25.3 Å². The minimum Gasteiger partial charge on any atom is -0.384 e. The number of aryl methyl sites for hydroxylation is 2. The second-order valence-electron chi connectivity index (χ2n) is 9.63. The van der Waals surface area contributed by atoms with Gasteiger partial charge < -0.3 is 15.7 Å². The van der Waals surface area contributed by atoms with Crippen LogP contribution in [0.4, 0.5) is 16.0 Å². The molecule has 5 rings (SSSR count). The molecule has 0 bridgehead atoms. The average Bonchev–Trinajstić information content (AvgIpc) is 3.52. The Morgan fingerprint density at radius 3 is 2.53 bits per heavy atom. The zero-order chi connectivity index (χ0) is 27.1. The highest BCUT2D eigenvalue weighted by molar-refractivity contribution is 5.53. The Hall–Kier alpha value is -4.12. The number of halogens is 1. The Morgan fingerprint density at radius 1 is 1.13 bits per heavy atom. The molecule has 4 heterocycles. The number of nitrogens with zero attached hydrogens (tertiary/aromatic N) is 5. The van der Waals surface area contributed by atoms with E-state index in [-0.39, 0.29) is 6.04 Å². The lowest BCUT2D eigenvalue weighted by Crippen LogP contribution is -2.29. The summed E-state index contributed by atoms with van der Waals surface area (Å²) in [5.41, 5.74) is 2.96. The summed E-state index contributed by atoms with van der Waals surface area (Å²) in [6, 6.07) is 9.31. The molecular formula is C27H33FN8O2. The van der Waals surface area contributed by atoms with Gasteiger partial charge in [0.05, 0.1) is 24.1 Å². The first-order valence-electron chi connectivity index (χ1n) is 12.6. The summed E-state index contributed by atoms with van der Waals surface area (Å²) < 4.78 is 14.1. The average molecular weight is 521 g/mol. The molecule has 0 aliphatic heterocycles. The number of carbonyl (C=O) groups is 1. The molecule has 1 unspecified atom stereocenters. The number of nitrogens with one attached hydrogen (secondary N) is 3. The zero-order valence-corrected chi connectivity index (χ0v) is 21.8. The molecule has 1 fully saturated rings. The van der Waals surface area contributed by atoms with Crippen LogP contribution in [0.15, 0.2) is 48.9 Å². The van der Waals surface area contributed by atoms with Crippen LogP contribution in [-0.4, -0.2) is 41.5 Å². The van der Waals surface area contributed by atoms with E-state index < -0.39 is 11.4 Å². The number of aliphatic hydroxyl groups is 1. The maximum atomic E-state index is 12.8. The second kappa shape index (κ2) is 12.0. The van der Waals surface area contributed by atoms with Crippen molar-refractivity contribution in [1.82, 2.24) is 35.3 Å². The number of H-pyrrole nitrogens is 1. The Bertz CT molecular complexity index is 1350. The summed E-state index contributed by atoms with van der Waals surface area (Å²) in [6.45, 7) is 5.83. The number of anilines is 2. The van der Waals surface area contributed by atoms with E-state index in [2.05, 4.69) is 35.9 Å². The third-order valence-corrected chi connectivity index (χ3v) is 6.46. The van der Waals surface area contributed by atoms with E-state index in [0.717, 1.165) is 66.0 Å². The fraction of sp³-hybridized carbons (Fsp3) is 0.370. The van der Waals surface area contributed by atoms with Gasteiger partial charge in [-0.05, 0) is 62.9 Å². The van der Waals surface area contributed by atoms with Crippen molar-refractivity contribution in [2.24, 2.45) is 0 Å². The molecular weight excluding hydrogens is 487 g/mol. The first-order chi connectivity index (χ1) is 18.3. The number of hydrogen-bond donors (Lipinski definition) is 4. The van der Waals surface area contributed by atoms with E-state index in [1.807, 2.05) is 45.0 Å². The van der Waals surface area contributed by atoms with E-state index in [0.29, 0.717) is 12.2 Å². The largest absolute Gasteiger partial charge is 0.384 e. The van der Waals surface area contributed by atoms with Gasteiger partial charge in [0.1, 0.15) is 11.4 Å². The van der Waals surface area contributed by atoms with Crippen molar-refractivity contribution in [1.29, 1.82) is 0 Å². The molecule has 0 aromatic carbocycles. The third-order valence-electron chi connectivity index (χ3n) is 6.46. The van der Waals surface area contributed by atoms with Gasteiger partial charge >= 0.3 is 0 Å². The maximum absolute atomic E-state index is 12.8. The van der Waals surface area contributed by atoms with Gasteiger partial charge in [-0.2, -0.15) is 10.2 Å². The normalized spacial score (nSPS) is 15.2. The Kier molecular flexibility index (Phi) is 8.47. The monoisotopic (exact) mass is 520 g/mol. The topological polar surface area (TPSA) is 134 Å². The molecule has 4 N–H and O–H groups in total. The predicted octanol–water partition coefficient (Wildman–Crippen LogP) is 4.53. The molecule has 1 amide bonds. The molecule has 0 spiro atoms. The number of aromatic nitrogens is 6. The SMILES string of the molecule is CC(NC=O)c1ccc(-n2cc(F)cn2)nc1.Cc1cc(Nc2cc(C)[nH]n2)nc(C2(O)CCCCC2)c1. The maximum Gasteiger partial charge on any atom is 0.207 e. The molecule has 1 aliphatic rings. The second-order valence-corrected chi connectivity index (χ2v) is 9.63. The van der Waals surface area contributed by atoms with Gasteiger partial charge in [-0.3, -0.25) is 9.89 Å². The van der Waals surface area contributed by atoms with Crippen molar-refractivity contribution in [3.63, 3.8) is 0 Å². The molecule has 1 aliphatic carbocycles. The van der Waals surface area contributed by atoms with Crippen LogP contribution in [-0.2, 0) is 10.4 Å². The lowest BCUT2D eigenvalue weighted by atomic mass is 9.82. The highest BCUT2D eigenvalue weighted by atomic mass is 19.1. The molecule has 0 saturated heterocycles. The molecule has 4 aromatic rings. The fourth-order valence-electron chi connectivity index (χ4n) is 4.39. The van der Waals surface area contributed by atoms with E-state index in [9.17, 15) is 14.3 Å². The van der Waals surface area contributed by atoms with Gasteiger partial charge in [-0.15, -0.1) is 0 Å². The van der Waals surface area contributed by atoms with Crippen molar-refractivity contribution < 1.29 is 14.3 Å². The van der Waals surface area contributed by atoms with E-state index >= 15 is 0 Å². The van der Waals surface area contributed by atoms with Crippen LogP contribution < -0.4 is 10.6 Å².